The Morgan fingerprint density at radius 1 is 1.28 bits per heavy atom. The van der Waals surface area contributed by atoms with Gasteiger partial charge in [-0.15, -0.1) is 0 Å². The van der Waals surface area contributed by atoms with Gasteiger partial charge in [0.05, 0.1) is 6.04 Å². The summed E-state index contributed by atoms with van der Waals surface area (Å²) >= 11 is 0. The highest BCUT2D eigenvalue weighted by molar-refractivity contribution is 5.81. The van der Waals surface area contributed by atoms with Gasteiger partial charge < -0.3 is 11.1 Å². The van der Waals surface area contributed by atoms with Crippen LogP contribution in [0.15, 0.2) is 0 Å². The fourth-order valence-electron chi connectivity index (χ4n) is 3.70. The molecule has 0 heterocycles. The summed E-state index contributed by atoms with van der Waals surface area (Å²) in [5.41, 5.74) is 6.47. The molecule has 0 aromatic rings. The highest BCUT2D eigenvalue weighted by atomic mass is 16.2. The van der Waals surface area contributed by atoms with Crippen LogP contribution in [0, 0.1) is 10.8 Å². The monoisotopic (exact) mass is 254 g/mol. The van der Waals surface area contributed by atoms with Crippen LogP contribution in [0.5, 0.6) is 0 Å². The van der Waals surface area contributed by atoms with Crippen molar-refractivity contribution < 1.29 is 4.79 Å². The van der Waals surface area contributed by atoms with E-state index in [2.05, 4.69) is 39.9 Å². The van der Waals surface area contributed by atoms with E-state index in [0.717, 1.165) is 25.7 Å². The predicted molar refractivity (Wildman–Crippen MR) is 76.2 cm³/mol. The SMILES string of the molecule is CCCC(N)C(=O)NC1CC(C)(C)CC(C)(C)C1. The Morgan fingerprint density at radius 3 is 2.22 bits per heavy atom. The molecule has 0 aromatic carbocycles. The summed E-state index contributed by atoms with van der Waals surface area (Å²) in [5.74, 6) is 0.0235. The number of carbonyl (C=O) groups is 1. The second-order valence-corrected chi connectivity index (χ2v) is 7.51. The zero-order valence-corrected chi connectivity index (χ0v) is 12.7. The van der Waals surface area contributed by atoms with Crippen molar-refractivity contribution in [1.82, 2.24) is 5.32 Å². The van der Waals surface area contributed by atoms with Gasteiger partial charge in [-0.25, -0.2) is 0 Å². The van der Waals surface area contributed by atoms with E-state index in [1.165, 1.54) is 6.42 Å². The minimum atomic E-state index is -0.344. The smallest absolute Gasteiger partial charge is 0.237 e. The molecule has 1 rings (SSSR count). The summed E-state index contributed by atoms with van der Waals surface area (Å²) in [6.07, 6.45) is 5.05. The van der Waals surface area contributed by atoms with Crippen LogP contribution in [0.25, 0.3) is 0 Å². The van der Waals surface area contributed by atoms with Crippen molar-refractivity contribution in [3.63, 3.8) is 0 Å². The summed E-state index contributed by atoms with van der Waals surface area (Å²) in [7, 11) is 0. The van der Waals surface area contributed by atoms with Crippen molar-refractivity contribution in [2.24, 2.45) is 16.6 Å². The normalized spacial score (nSPS) is 24.6. The lowest BCUT2D eigenvalue weighted by atomic mass is 9.63. The summed E-state index contributed by atoms with van der Waals surface area (Å²) in [5, 5.41) is 3.15. The van der Waals surface area contributed by atoms with E-state index >= 15 is 0 Å². The minimum absolute atomic E-state index is 0.0235. The lowest BCUT2D eigenvalue weighted by molar-refractivity contribution is -0.124. The fraction of sp³-hybridized carbons (Fsp3) is 0.933. The first kappa shape index (κ1) is 15.5. The second-order valence-electron chi connectivity index (χ2n) is 7.51. The van der Waals surface area contributed by atoms with Crippen LogP contribution in [0.4, 0.5) is 0 Å². The second kappa shape index (κ2) is 5.60. The summed E-state index contributed by atoms with van der Waals surface area (Å²) in [4.78, 5) is 12.0. The molecule has 1 atom stereocenters. The highest BCUT2D eigenvalue weighted by Gasteiger charge is 2.39. The Bertz CT molecular complexity index is 281. The molecule has 3 nitrogen and oxygen atoms in total. The Kier molecular flexibility index (Phi) is 4.82. The van der Waals surface area contributed by atoms with Gasteiger partial charge in [0.1, 0.15) is 0 Å². The Hall–Kier alpha value is -0.570. The molecule has 0 aromatic heterocycles. The standard InChI is InChI=1S/C15H30N2O/c1-6-7-12(16)13(18)17-11-8-14(2,3)10-15(4,5)9-11/h11-12H,6-10,16H2,1-5H3,(H,17,18). The first-order valence-corrected chi connectivity index (χ1v) is 7.21. The highest BCUT2D eigenvalue weighted by Crippen LogP contribution is 2.45. The molecule has 3 heteroatoms. The number of nitrogens with one attached hydrogen (secondary N) is 1. The van der Waals surface area contributed by atoms with Gasteiger partial charge in [-0.2, -0.15) is 0 Å². The van der Waals surface area contributed by atoms with E-state index in [9.17, 15) is 4.79 Å². The molecule has 1 fully saturated rings. The maximum atomic E-state index is 12.0. The molecule has 0 aliphatic heterocycles. The predicted octanol–water partition coefficient (Wildman–Crippen LogP) is 2.83. The topological polar surface area (TPSA) is 55.1 Å². The lowest BCUT2D eigenvalue weighted by Crippen LogP contribution is -2.50. The van der Waals surface area contributed by atoms with Crippen LogP contribution in [0.3, 0.4) is 0 Å². The van der Waals surface area contributed by atoms with Gasteiger partial charge >= 0.3 is 0 Å². The first-order valence-electron chi connectivity index (χ1n) is 7.21. The molecule has 106 valence electrons. The maximum absolute atomic E-state index is 12.0. The van der Waals surface area contributed by atoms with Crippen LogP contribution < -0.4 is 11.1 Å². The van der Waals surface area contributed by atoms with Crippen LogP contribution >= 0.6 is 0 Å². The molecule has 18 heavy (non-hydrogen) atoms. The molecular weight excluding hydrogens is 224 g/mol. The molecule has 1 unspecified atom stereocenters. The van der Waals surface area contributed by atoms with Crippen molar-refractivity contribution in [2.45, 2.75) is 78.8 Å². The van der Waals surface area contributed by atoms with Crippen LogP contribution in [-0.2, 0) is 4.79 Å². The van der Waals surface area contributed by atoms with Gasteiger partial charge in [-0.05, 0) is 36.5 Å². The molecule has 0 radical (unpaired) electrons. The number of amides is 1. The van der Waals surface area contributed by atoms with Gasteiger partial charge in [0.2, 0.25) is 5.91 Å². The molecule has 0 spiro atoms. The first-order chi connectivity index (χ1) is 8.15. The molecule has 1 aliphatic carbocycles. The van der Waals surface area contributed by atoms with E-state index in [0.29, 0.717) is 10.8 Å². The maximum Gasteiger partial charge on any atom is 0.237 e. The van der Waals surface area contributed by atoms with Crippen molar-refractivity contribution in [3.05, 3.63) is 0 Å². The van der Waals surface area contributed by atoms with Crippen LogP contribution in [0.1, 0.15) is 66.7 Å². The molecule has 3 N–H and O–H groups in total. The lowest BCUT2D eigenvalue weighted by Gasteiger charge is -2.45. The third-order valence-corrected chi connectivity index (χ3v) is 3.84. The fourth-order valence-corrected chi connectivity index (χ4v) is 3.70. The Morgan fingerprint density at radius 2 is 1.78 bits per heavy atom. The number of hydrogen-bond acceptors (Lipinski definition) is 2. The zero-order valence-electron chi connectivity index (χ0n) is 12.7. The quantitative estimate of drug-likeness (QED) is 0.810. The number of carbonyl (C=O) groups excluding carboxylic acids is 1. The van der Waals surface area contributed by atoms with E-state index in [1.54, 1.807) is 0 Å². The number of rotatable bonds is 4. The van der Waals surface area contributed by atoms with E-state index in [4.69, 9.17) is 5.73 Å². The average Bonchev–Trinajstić information content (AvgIpc) is 2.12. The van der Waals surface area contributed by atoms with Crippen molar-refractivity contribution in [3.8, 4) is 0 Å². The summed E-state index contributed by atoms with van der Waals surface area (Å²) < 4.78 is 0. The minimum Gasteiger partial charge on any atom is -0.352 e. The zero-order chi connectivity index (χ0) is 14.0. The van der Waals surface area contributed by atoms with Gasteiger partial charge in [-0.3, -0.25) is 4.79 Å². The van der Waals surface area contributed by atoms with Gasteiger partial charge in [0.15, 0.2) is 0 Å². The van der Waals surface area contributed by atoms with Gasteiger partial charge in [0, 0.05) is 6.04 Å². The summed E-state index contributed by atoms with van der Waals surface area (Å²) in [6.45, 7) is 11.2. The number of hydrogen-bond donors (Lipinski definition) is 2. The largest absolute Gasteiger partial charge is 0.352 e. The third-order valence-electron chi connectivity index (χ3n) is 3.84. The molecule has 0 saturated heterocycles. The van der Waals surface area contributed by atoms with Gasteiger partial charge in [0.25, 0.3) is 0 Å². The van der Waals surface area contributed by atoms with E-state index in [1.807, 2.05) is 0 Å². The van der Waals surface area contributed by atoms with Crippen LogP contribution in [-0.4, -0.2) is 18.0 Å². The molecule has 1 saturated carbocycles. The van der Waals surface area contributed by atoms with Crippen LogP contribution in [0.2, 0.25) is 0 Å². The van der Waals surface area contributed by atoms with E-state index < -0.39 is 0 Å². The molecule has 0 bridgehead atoms. The Labute approximate surface area is 112 Å². The van der Waals surface area contributed by atoms with Crippen molar-refractivity contribution in [1.29, 1.82) is 0 Å². The summed E-state index contributed by atoms with van der Waals surface area (Å²) in [6, 6.07) is -0.0673. The molecular formula is C15H30N2O. The molecule has 1 aliphatic rings. The van der Waals surface area contributed by atoms with E-state index in [-0.39, 0.29) is 18.0 Å². The molecule has 1 amide bonds. The number of nitrogens with two attached hydrogens (primary N) is 1. The third kappa shape index (κ3) is 4.60. The van der Waals surface area contributed by atoms with Crippen molar-refractivity contribution >= 4 is 5.91 Å². The van der Waals surface area contributed by atoms with Crippen molar-refractivity contribution in [2.75, 3.05) is 0 Å². The Balaban J connectivity index is 2.59. The van der Waals surface area contributed by atoms with Gasteiger partial charge in [-0.1, -0.05) is 41.0 Å². The average molecular weight is 254 g/mol.